The molecule has 2 aliphatic rings. The van der Waals surface area contributed by atoms with Crippen molar-refractivity contribution in [1.29, 1.82) is 0 Å². The van der Waals surface area contributed by atoms with Crippen LogP contribution in [-0.4, -0.2) is 73.6 Å². The molecule has 3 heterocycles. The van der Waals surface area contributed by atoms with E-state index >= 15 is 4.39 Å². The number of carbonyl (C=O) groups is 1. The zero-order valence-electron chi connectivity index (χ0n) is 24.7. The highest BCUT2D eigenvalue weighted by Crippen LogP contribution is 2.48. The second kappa shape index (κ2) is 13.9. The van der Waals surface area contributed by atoms with E-state index in [1.807, 2.05) is 0 Å². The molecular formula is C32H33F2N5O6. The quantitative estimate of drug-likeness (QED) is 0.223. The summed E-state index contributed by atoms with van der Waals surface area (Å²) in [7, 11) is 0. The average molecular weight is 622 g/mol. The maximum absolute atomic E-state index is 15.1. The number of halogens is 2. The molecule has 6 rings (SSSR count). The molecule has 0 saturated carbocycles. The predicted molar refractivity (Wildman–Crippen MR) is 161 cm³/mol. The molecule has 2 N–H and O–H groups in total. The number of benzene rings is 3. The number of fused-ring (bicyclic) bond motifs is 3. The molecule has 1 aromatic heterocycles. The van der Waals surface area contributed by atoms with Crippen molar-refractivity contribution in [2.75, 3.05) is 58.0 Å². The molecule has 0 spiro atoms. The van der Waals surface area contributed by atoms with Crippen LogP contribution in [-0.2, 0) is 4.74 Å². The molecule has 4 aromatic rings. The largest absolute Gasteiger partial charge is 0.489 e. The first-order valence-corrected chi connectivity index (χ1v) is 14.7. The summed E-state index contributed by atoms with van der Waals surface area (Å²) in [4.78, 5) is 23.5. The van der Waals surface area contributed by atoms with Crippen molar-refractivity contribution in [3.8, 4) is 28.9 Å². The van der Waals surface area contributed by atoms with Gasteiger partial charge in [0.1, 0.15) is 42.3 Å². The summed E-state index contributed by atoms with van der Waals surface area (Å²) in [6.45, 7) is 7.11. The molecule has 0 bridgehead atoms. The molecule has 1 atom stereocenters. The Kier molecular flexibility index (Phi) is 9.36. The summed E-state index contributed by atoms with van der Waals surface area (Å²) in [5.41, 5.74) is 1.16. The number of hydrogen-bond acceptors (Lipinski definition) is 9. The lowest BCUT2D eigenvalue weighted by Gasteiger charge is -2.26. The number of aromatic nitrogens is 2. The predicted octanol–water partition coefficient (Wildman–Crippen LogP) is 5.46. The number of nitrogens with zero attached hydrogens (tertiary/aromatic N) is 3. The minimum Gasteiger partial charge on any atom is -0.489 e. The Bertz CT molecular complexity index is 1650. The third-order valence-corrected chi connectivity index (χ3v) is 7.44. The van der Waals surface area contributed by atoms with Crippen molar-refractivity contribution >= 4 is 22.6 Å². The van der Waals surface area contributed by atoms with Gasteiger partial charge in [-0.25, -0.2) is 23.5 Å². The maximum Gasteiger partial charge on any atom is 0.319 e. The van der Waals surface area contributed by atoms with E-state index in [0.717, 1.165) is 45.3 Å². The lowest BCUT2D eigenvalue weighted by Crippen LogP contribution is -2.37. The number of morpholine rings is 1. The Balaban J connectivity index is 1.14. The van der Waals surface area contributed by atoms with Crippen LogP contribution in [0.3, 0.4) is 0 Å². The first-order valence-electron chi connectivity index (χ1n) is 14.7. The van der Waals surface area contributed by atoms with Crippen LogP contribution in [0.15, 0.2) is 54.9 Å². The minimum absolute atomic E-state index is 0.0526. The van der Waals surface area contributed by atoms with Crippen LogP contribution in [0.2, 0.25) is 0 Å². The van der Waals surface area contributed by atoms with Crippen molar-refractivity contribution in [3.63, 3.8) is 0 Å². The number of anilines is 1. The zero-order valence-corrected chi connectivity index (χ0v) is 24.7. The van der Waals surface area contributed by atoms with Gasteiger partial charge in [-0.3, -0.25) is 4.90 Å². The molecule has 45 heavy (non-hydrogen) atoms. The Morgan fingerprint density at radius 1 is 1.00 bits per heavy atom. The molecule has 0 radical (unpaired) electrons. The van der Waals surface area contributed by atoms with E-state index in [1.54, 1.807) is 25.1 Å². The van der Waals surface area contributed by atoms with Gasteiger partial charge in [-0.05, 0) is 43.2 Å². The van der Waals surface area contributed by atoms with Crippen LogP contribution < -0.4 is 29.6 Å². The van der Waals surface area contributed by atoms with Crippen LogP contribution in [0.4, 0.5) is 19.3 Å². The van der Waals surface area contributed by atoms with Crippen LogP contribution in [0.5, 0.6) is 28.9 Å². The molecule has 11 nitrogen and oxygen atoms in total. The van der Waals surface area contributed by atoms with Crippen LogP contribution in [0.1, 0.15) is 24.9 Å². The number of rotatable bonds is 10. The number of nitrogens with one attached hydrogen (secondary N) is 2. The monoisotopic (exact) mass is 621 g/mol. The number of urea groups is 1. The molecule has 0 aliphatic carbocycles. The number of hydrogen-bond donors (Lipinski definition) is 2. The third-order valence-electron chi connectivity index (χ3n) is 7.44. The van der Waals surface area contributed by atoms with Crippen molar-refractivity contribution in [2.45, 2.75) is 19.4 Å². The van der Waals surface area contributed by atoms with E-state index in [1.165, 1.54) is 30.6 Å². The van der Waals surface area contributed by atoms with Crippen LogP contribution >= 0.6 is 0 Å². The Hall–Kier alpha value is -4.75. The van der Waals surface area contributed by atoms with Gasteiger partial charge in [0.05, 0.1) is 37.1 Å². The highest BCUT2D eigenvalue weighted by Gasteiger charge is 2.26. The molecular weight excluding hydrogens is 588 g/mol. The topological polar surface area (TPSA) is 116 Å². The molecule has 236 valence electrons. The minimum atomic E-state index is -0.718. The summed E-state index contributed by atoms with van der Waals surface area (Å²) < 4.78 is 57.7. The third kappa shape index (κ3) is 7.32. The van der Waals surface area contributed by atoms with Crippen molar-refractivity contribution < 1.29 is 37.3 Å². The van der Waals surface area contributed by atoms with Gasteiger partial charge < -0.3 is 34.3 Å². The van der Waals surface area contributed by atoms with Gasteiger partial charge in [0.25, 0.3) is 0 Å². The first kappa shape index (κ1) is 30.3. The van der Waals surface area contributed by atoms with Gasteiger partial charge in [0.15, 0.2) is 11.5 Å². The SMILES string of the molecule is C[C@@H](NC(=O)Nc1ccc(Oc2ncnc3cc(OCCCN4CCOCC4)c4c(c23)OCCO4)cc1F)c1ccc(F)cc1. The molecule has 1 fully saturated rings. The molecule has 2 amide bonds. The van der Waals surface area contributed by atoms with E-state index in [0.29, 0.717) is 53.5 Å². The smallest absolute Gasteiger partial charge is 0.319 e. The second-order valence-electron chi connectivity index (χ2n) is 10.6. The highest BCUT2D eigenvalue weighted by molar-refractivity contribution is 5.94. The van der Waals surface area contributed by atoms with Gasteiger partial charge in [-0.15, -0.1) is 0 Å². The Labute approximate surface area is 258 Å². The van der Waals surface area contributed by atoms with Gasteiger partial charge in [-0.2, -0.15) is 0 Å². The summed E-state index contributed by atoms with van der Waals surface area (Å²) in [6, 6.07) is 10.5. The fraction of sp³-hybridized carbons (Fsp3) is 0.344. The normalized spacial score (nSPS) is 15.4. The average Bonchev–Trinajstić information content (AvgIpc) is 3.05. The van der Waals surface area contributed by atoms with Crippen LogP contribution in [0, 0.1) is 11.6 Å². The summed E-state index contributed by atoms with van der Waals surface area (Å²) in [5, 5.41) is 5.65. The Morgan fingerprint density at radius 2 is 1.78 bits per heavy atom. The molecule has 13 heteroatoms. The number of amides is 2. The fourth-order valence-corrected chi connectivity index (χ4v) is 5.12. The molecule has 0 unspecified atom stereocenters. The molecule has 3 aromatic carbocycles. The van der Waals surface area contributed by atoms with Crippen molar-refractivity contribution in [3.05, 3.63) is 72.1 Å². The zero-order chi connectivity index (χ0) is 31.2. The standard InChI is InChI=1S/C32H33F2N5O6/c1-20(21-3-5-22(33)6-4-21)37-32(40)38-25-8-7-23(17-24(25)34)45-31-28-26(35-19-36-31)18-27(29-30(28)44-16-15-43-29)42-12-2-9-39-10-13-41-14-11-39/h3-8,17-20H,2,9-16H2,1H3,(H2,37,38,40)/t20-/m1/s1. The fourth-order valence-electron chi connectivity index (χ4n) is 5.12. The molecule has 1 saturated heterocycles. The van der Waals surface area contributed by atoms with Gasteiger partial charge in [0.2, 0.25) is 11.6 Å². The van der Waals surface area contributed by atoms with E-state index in [4.69, 9.17) is 23.7 Å². The van der Waals surface area contributed by atoms with E-state index < -0.39 is 17.9 Å². The maximum atomic E-state index is 15.1. The summed E-state index contributed by atoms with van der Waals surface area (Å²) >= 11 is 0. The van der Waals surface area contributed by atoms with Gasteiger partial charge in [0, 0.05) is 31.8 Å². The van der Waals surface area contributed by atoms with E-state index in [-0.39, 0.29) is 23.1 Å². The van der Waals surface area contributed by atoms with Crippen molar-refractivity contribution in [1.82, 2.24) is 20.2 Å². The van der Waals surface area contributed by atoms with Gasteiger partial charge >= 0.3 is 6.03 Å². The first-order chi connectivity index (χ1) is 21.9. The van der Waals surface area contributed by atoms with Crippen LogP contribution in [0.25, 0.3) is 10.9 Å². The van der Waals surface area contributed by atoms with E-state index in [9.17, 15) is 9.18 Å². The second-order valence-corrected chi connectivity index (χ2v) is 10.6. The lowest BCUT2D eigenvalue weighted by molar-refractivity contribution is 0.0357. The summed E-state index contributed by atoms with van der Waals surface area (Å²) in [6.07, 6.45) is 2.17. The lowest BCUT2D eigenvalue weighted by atomic mass is 10.1. The van der Waals surface area contributed by atoms with E-state index in [2.05, 4.69) is 25.5 Å². The molecule has 2 aliphatic heterocycles. The number of carbonyl (C=O) groups excluding carboxylic acids is 1. The summed E-state index contributed by atoms with van der Waals surface area (Å²) in [5.74, 6) is 0.537. The highest BCUT2D eigenvalue weighted by atomic mass is 19.1. The van der Waals surface area contributed by atoms with Crippen molar-refractivity contribution in [2.24, 2.45) is 0 Å². The number of ether oxygens (including phenoxy) is 5. The van der Waals surface area contributed by atoms with Gasteiger partial charge in [-0.1, -0.05) is 12.1 Å². The Morgan fingerprint density at radius 3 is 2.56 bits per heavy atom.